The van der Waals surface area contributed by atoms with E-state index in [1.54, 1.807) is 13.2 Å². The average molecular weight is 527 g/mol. The average Bonchev–Trinajstić information content (AvgIpc) is 3.12. The fraction of sp³-hybridized carbons (Fsp3) is 0.536. The number of hydrogen-bond acceptors (Lipinski definition) is 7. The lowest BCUT2D eigenvalue weighted by Crippen LogP contribution is -2.48. The molecule has 0 radical (unpaired) electrons. The van der Waals surface area contributed by atoms with Gasteiger partial charge in [0.1, 0.15) is 17.0 Å². The normalized spacial score (nSPS) is 23.0. The molecule has 2 unspecified atom stereocenters. The zero-order chi connectivity index (χ0) is 26.3. The minimum atomic E-state index is -0.491. The van der Waals surface area contributed by atoms with E-state index in [0.29, 0.717) is 16.7 Å². The predicted octanol–water partition coefficient (Wildman–Crippen LogP) is 5.79. The molecule has 2 fully saturated rings. The zero-order valence-corrected chi connectivity index (χ0v) is 22.9. The molecule has 3 aliphatic rings. The molecule has 9 heteroatoms. The van der Waals surface area contributed by atoms with Crippen LogP contribution in [0.25, 0.3) is 16.8 Å². The third-order valence-corrected chi connectivity index (χ3v) is 7.61. The van der Waals surface area contributed by atoms with E-state index in [-0.39, 0.29) is 25.0 Å². The van der Waals surface area contributed by atoms with Crippen LogP contribution < -0.4 is 9.64 Å². The number of halogens is 1. The minimum absolute atomic E-state index is 0.114. The van der Waals surface area contributed by atoms with Gasteiger partial charge in [-0.15, -0.1) is 10.2 Å². The van der Waals surface area contributed by atoms with Crippen molar-refractivity contribution in [3.63, 3.8) is 0 Å². The smallest absolute Gasteiger partial charge is 0.410 e. The van der Waals surface area contributed by atoms with E-state index >= 15 is 0 Å². The summed E-state index contributed by atoms with van der Waals surface area (Å²) >= 11 is 6.21. The number of ether oxygens (including phenoxy) is 3. The number of nitrogens with zero attached hydrogens (tertiary/aromatic N) is 4. The third kappa shape index (κ3) is 5.27. The number of rotatable bonds is 5. The van der Waals surface area contributed by atoms with Crippen LogP contribution in [-0.2, 0) is 9.47 Å². The van der Waals surface area contributed by atoms with Crippen molar-refractivity contribution in [2.75, 3.05) is 32.4 Å². The first-order chi connectivity index (χ1) is 17.6. The Morgan fingerprint density at radius 1 is 1.14 bits per heavy atom. The Morgan fingerprint density at radius 2 is 1.86 bits per heavy atom. The number of methoxy groups -OCH3 is 1. The number of amides is 1. The molecule has 5 rings (SSSR count). The van der Waals surface area contributed by atoms with Gasteiger partial charge in [-0.25, -0.2) is 4.79 Å². The van der Waals surface area contributed by atoms with Crippen LogP contribution in [0.2, 0.25) is 5.02 Å². The summed E-state index contributed by atoms with van der Waals surface area (Å²) < 4.78 is 16.6. The highest BCUT2D eigenvalue weighted by Gasteiger charge is 2.46. The summed E-state index contributed by atoms with van der Waals surface area (Å²) in [5, 5.41) is 9.93. The van der Waals surface area contributed by atoms with Crippen LogP contribution in [0.5, 0.6) is 5.75 Å². The summed E-state index contributed by atoms with van der Waals surface area (Å²) in [6.07, 6.45) is 5.97. The molecule has 1 aromatic carbocycles. The lowest BCUT2D eigenvalue weighted by Gasteiger charge is -2.41. The van der Waals surface area contributed by atoms with Crippen molar-refractivity contribution >= 4 is 29.0 Å². The van der Waals surface area contributed by atoms with Gasteiger partial charge < -0.3 is 24.0 Å². The SMILES string of the molecule is COCOc1cc(Cl)ccc1-c1cc2c(nn1)C(C1CC3CC[C@@H](C1)N3C(=O)OC(C)(C)C)=CCN2C. The van der Waals surface area contributed by atoms with Crippen LogP contribution in [0.4, 0.5) is 10.5 Å². The lowest BCUT2D eigenvalue weighted by molar-refractivity contribution is 0.00489. The van der Waals surface area contributed by atoms with Crippen molar-refractivity contribution < 1.29 is 19.0 Å². The maximum Gasteiger partial charge on any atom is 0.410 e. The van der Waals surface area contributed by atoms with Gasteiger partial charge in [0.15, 0.2) is 6.79 Å². The van der Waals surface area contributed by atoms with Crippen LogP contribution in [0.3, 0.4) is 0 Å². The van der Waals surface area contributed by atoms with Crippen LogP contribution in [0.1, 0.15) is 52.1 Å². The first kappa shape index (κ1) is 25.8. The van der Waals surface area contributed by atoms with E-state index in [0.717, 1.165) is 54.9 Å². The van der Waals surface area contributed by atoms with Gasteiger partial charge in [0.2, 0.25) is 0 Å². The maximum absolute atomic E-state index is 12.9. The molecule has 0 aliphatic carbocycles. The fourth-order valence-electron chi connectivity index (χ4n) is 5.79. The van der Waals surface area contributed by atoms with Gasteiger partial charge in [0.05, 0.1) is 11.4 Å². The quantitative estimate of drug-likeness (QED) is 0.456. The first-order valence-electron chi connectivity index (χ1n) is 12.9. The number of carbonyl (C=O) groups is 1. The van der Waals surface area contributed by atoms with E-state index in [1.807, 2.05) is 37.8 Å². The van der Waals surface area contributed by atoms with Crippen LogP contribution in [0, 0.1) is 5.92 Å². The molecular formula is C28H35ClN4O4. The Balaban J connectivity index is 1.40. The van der Waals surface area contributed by atoms with Crippen molar-refractivity contribution in [3.8, 4) is 17.0 Å². The fourth-order valence-corrected chi connectivity index (χ4v) is 5.96. The van der Waals surface area contributed by atoms with Crippen LogP contribution in [0.15, 0.2) is 30.3 Å². The molecule has 3 aliphatic heterocycles. The molecule has 1 aromatic heterocycles. The summed E-state index contributed by atoms with van der Waals surface area (Å²) in [5.74, 6) is 0.934. The van der Waals surface area contributed by atoms with Crippen molar-refractivity contribution in [3.05, 3.63) is 41.1 Å². The molecule has 0 saturated carbocycles. The van der Waals surface area contributed by atoms with Crippen molar-refractivity contribution in [1.82, 2.24) is 15.1 Å². The molecule has 3 atom stereocenters. The third-order valence-electron chi connectivity index (χ3n) is 7.37. The van der Waals surface area contributed by atoms with Gasteiger partial charge >= 0.3 is 6.09 Å². The molecule has 8 nitrogen and oxygen atoms in total. The minimum Gasteiger partial charge on any atom is -0.467 e. The van der Waals surface area contributed by atoms with E-state index in [2.05, 4.69) is 29.2 Å². The van der Waals surface area contributed by atoms with Gasteiger partial charge in [-0.3, -0.25) is 0 Å². The summed E-state index contributed by atoms with van der Waals surface area (Å²) in [5.41, 5.74) is 4.23. The number of aromatic nitrogens is 2. The molecule has 0 N–H and O–H groups in total. The van der Waals surface area contributed by atoms with Gasteiger partial charge in [-0.05, 0) is 82.2 Å². The number of fused-ring (bicyclic) bond motifs is 3. The molecule has 198 valence electrons. The summed E-state index contributed by atoms with van der Waals surface area (Å²) in [7, 11) is 3.65. The Hall–Kier alpha value is -2.84. The van der Waals surface area contributed by atoms with Crippen molar-refractivity contribution in [2.24, 2.45) is 5.92 Å². The molecule has 0 spiro atoms. The number of carbonyl (C=O) groups excluding carboxylic acids is 1. The molecule has 1 amide bonds. The number of hydrogen-bond donors (Lipinski definition) is 0. The maximum atomic E-state index is 12.9. The Bertz CT molecular complexity index is 1200. The highest BCUT2D eigenvalue weighted by atomic mass is 35.5. The van der Waals surface area contributed by atoms with Crippen molar-refractivity contribution in [2.45, 2.75) is 64.1 Å². The largest absolute Gasteiger partial charge is 0.467 e. The van der Waals surface area contributed by atoms with E-state index in [1.165, 1.54) is 5.57 Å². The molecule has 2 bridgehead atoms. The highest BCUT2D eigenvalue weighted by molar-refractivity contribution is 6.30. The number of allylic oxidation sites excluding steroid dienone is 1. The van der Waals surface area contributed by atoms with Gasteiger partial charge in [0.25, 0.3) is 0 Å². The summed E-state index contributed by atoms with van der Waals surface area (Å²) in [6.45, 7) is 6.67. The van der Waals surface area contributed by atoms with Crippen molar-refractivity contribution in [1.29, 1.82) is 0 Å². The van der Waals surface area contributed by atoms with Crippen LogP contribution in [-0.4, -0.2) is 66.4 Å². The molecular weight excluding hydrogens is 492 g/mol. The number of piperidine rings is 1. The van der Waals surface area contributed by atoms with Gasteiger partial charge in [0, 0.05) is 43.4 Å². The Kier molecular flexibility index (Phi) is 7.07. The summed E-state index contributed by atoms with van der Waals surface area (Å²) in [4.78, 5) is 17.1. The monoisotopic (exact) mass is 526 g/mol. The number of benzene rings is 1. The number of anilines is 1. The second-order valence-corrected chi connectivity index (χ2v) is 11.6. The Labute approximate surface area is 223 Å². The number of likely N-dealkylation sites (N-methyl/N-ethyl adjacent to an activating group) is 1. The second-order valence-electron chi connectivity index (χ2n) is 11.1. The van der Waals surface area contributed by atoms with E-state index in [4.69, 9.17) is 30.9 Å². The van der Waals surface area contributed by atoms with E-state index in [9.17, 15) is 4.79 Å². The summed E-state index contributed by atoms with van der Waals surface area (Å²) in [6, 6.07) is 7.95. The first-order valence-corrected chi connectivity index (χ1v) is 13.2. The molecule has 4 heterocycles. The topological polar surface area (TPSA) is 77.0 Å². The zero-order valence-electron chi connectivity index (χ0n) is 22.2. The lowest BCUT2D eigenvalue weighted by atomic mass is 9.81. The van der Waals surface area contributed by atoms with Gasteiger partial charge in [-0.2, -0.15) is 0 Å². The van der Waals surface area contributed by atoms with Gasteiger partial charge in [-0.1, -0.05) is 17.7 Å². The molecule has 2 saturated heterocycles. The Morgan fingerprint density at radius 3 is 2.54 bits per heavy atom. The molecule has 2 aromatic rings. The standard InChI is InChI=1S/C28H35ClN4O4/c1-28(2,3)37-27(34)33-19-7-8-20(33)13-17(12-19)21-10-11-32(4)24-15-23(30-31-26(21)24)22-9-6-18(29)14-25(22)36-16-35-5/h6,9-10,14-15,17,19-20H,7-8,11-13,16H2,1-5H3/t17?,19-,20?/m0/s1. The second kappa shape index (κ2) is 10.1. The van der Waals surface area contributed by atoms with Crippen LogP contribution >= 0.6 is 11.6 Å². The predicted molar refractivity (Wildman–Crippen MR) is 144 cm³/mol. The van der Waals surface area contributed by atoms with E-state index < -0.39 is 5.60 Å². The molecule has 37 heavy (non-hydrogen) atoms. The highest BCUT2D eigenvalue weighted by Crippen LogP contribution is 2.47.